The van der Waals surface area contributed by atoms with E-state index in [0.717, 1.165) is 28.1 Å². The molecule has 0 unspecified atom stereocenters. The maximum atomic E-state index is 11.7. The van der Waals surface area contributed by atoms with Crippen LogP contribution in [0.15, 0.2) is 72.9 Å². The molecular formula is C23H15Cl2N3O2. The fourth-order valence-electron chi connectivity index (χ4n) is 3.45. The molecule has 30 heavy (non-hydrogen) atoms. The molecule has 1 aliphatic heterocycles. The molecule has 0 fully saturated rings. The lowest BCUT2D eigenvalue weighted by Crippen LogP contribution is -2.25. The van der Waals surface area contributed by atoms with Crippen molar-refractivity contribution in [2.45, 2.75) is 0 Å². The van der Waals surface area contributed by atoms with Crippen molar-refractivity contribution in [2.75, 3.05) is 11.9 Å². The summed E-state index contributed by atoms with van der Waals surface area (Å²) in [5.41, 5.74) is 4.96. The number of nitrogens with one attached hydrogen (secondary N) is 1. The lowest BCUT2D eigenvalue weighted by Gasteiger charge is -2.18. The van der Waals surface area contributed by atoms with Crippen LogP contribution in [0.3, 0.4) is 0 Å². The van der Waals surface area contributed by atoms with Gasteiger partial charge < -0.3 is 10.1 Å². The lowest BCUT2D eigenvalue weighted by molar-refractivity contribution is -0.118. The third kappa shape index (κ3) is 3.54. The molecule has 1 N–H and O–H groups in total. The van der Waals surface area contributed by atoms with Gasteiger partial charge in [0.15, 0.2) is 6.61 Å². The summed E-state index contributed by atoms with van der Waals surface area (Å²) < 4.78 is 7.23. The summed E-state index contributed by atoms with van der Waals surface area (Å²) in [4.78, 5) is 11.7. The Balaban J connectivity index is 1.68. The standard InChI is InChI=1S/C23H15Cl2N3O2/c24-16-9-17(25)11-18(10-16)28-12-19(14-4-2-1-3-5-14)23(27-28)15-6-7-21-20(8-15)26-22(29)13-30-21/h1-12H,13H2,(H,26,29). The van der Waals surface area contributed by atoms with Gasteiger partial charge in [-0.05, 0) is 42.0 Å². The van der Waals surface area contributed by atoms with Crippen molar-refractivity contribution in [1.29, 1.82) is 0 Å². The van der Waals surface area contributed by atoms with Gasteiger partial charge in [-0.25, -0.2) is 4.68 Å². The maximum absolute atomic E-state index is 11.7. The quantitative estimate of drug-likeness (QED) is 0.439. The number of nitrogens with zero attached hydrogens (tertiary/aromatic N) is 2. The average molecular weight is 436 g/mol. The summed E-state index contributed by atoms with van der Waals surface area (Å²) in [6, 6.07) is 20.9. The topological polar surface area (TPSA) is 56.1 Å². The van der Waals surface area contributed by atoms with E-state index in [2.05, 4.69) is 5.32 Å². The van der Waals surface area contributed by atoms with Crippen molar-refractivity contribution in [3.8, 4) is 33.8 Å². The zero-order chi connectivity index (χ0) is 20.7. The Morgan fingerprint density at radius 2 is 1.70 bits per heavy atom. The Bertz CT molecular complexity index is 1250. The van der Waals surface area contributed by atoms with E-state index in [4.69, 9.17) is 33.0 Å². The van der Waals surface area contributed by atoms with E-state index < -0.39 is 0 Å². The minimum Gasteiger partial charge on any atom is -0.482 e. The molecule has 0 aliphatic carbocycles. The van der Waals surface area contributed by atoms with E-state index in [1.165, 1.54) is 0 Å². The van der Waals surface area contributed by atoms with Crippen molar-refractivity contribution >= 4 is 34.8 Å². The van der Waals surface area contributed by atoms with Crippen LogP contribution in [0.1, 0.15) is 0 Å². The third-order valence-corrected chi connectivity index (χ3v) is 5.23. The van der Waals surface area contributed by atoms with Gasteiger partial charge in [0.1, 0.15) is 11.4 Å². The predicted molar refractivity (Wildman–Crippen MR) is 119 cm³/mol. The van der Waals surface area contributed by atoms with Crippen molar-refractivity contribution in [1.82, 2.24) is 9.78 Å². The monoisotopic (exact) mass is 435 g/mol. The Hall–Kier alpha value is -3.28. The number of hydrogen-bond donors (Lipinski definition) is 1. The number of amides is 1. The molecule has 2 heterocycles. The first-order valence-corrected chi connectivity index (χ1v) is 10.0. The Morgan fingerprint density at radius 3 is 2.47 bits per heavy atom. The van der Waals surface area contributed by atoms with Crippen LogP contribution in [0.25, 0.3) is 28.1 Å². The summed E-state index contributed by atoms with van der Waals surface area (Å²) in [6.07, 6.45) is 1.95. The molecule has 4 aromatic rings. The molecule has 0 saturated heterocycles. The molecule has 0 atom stereocenters. The van der Waals surface area contributed by atoms with Gasteiger partial charge in [-0.15, -0.1) is 0 Å². The highest BCUT2D eigenvalue weighted by Gasteiger charge is 2.20. The summed E-state index contributed by atoms with van der Waals surface area (Å²) in [7, 11) is 0. The number of hydrogen-bond acceptors (Lipinski definition) is 3. The summed E-state index contributed by atoms with van der Waals surface area (Å²) in [5, 5.41) is 8.74. The smallest absolute Gasteiger partial charge is 0.262 e. The molecular weight excluding hydrogens is 421 g/mol. The molecule has 1 aromatic heterocycles. The van der Waals surface area contributed by atoms with Gasteiger partial charge in [-0.3, -0.25) is 4.79 Å². The van der Waals surface area contributed by atoms with E-state index in [0.29, 0.717) is 21.5 Å². The second-order valence-corrected chi connectivity index (χ2v) is 7.75. The molecule has 1 aliphatic rings. The van der Waals surface area contributed by atoms with Crippen LogP contribution in [0.2, 0.25) is 10.0 Å². The lowest BCUT2D eigenvalue weighted by atomic mass is 10.0. The molecule has 148 valence electrons. The Kier molecular flexibility index (Phi) is 4.69. The number of ether oxygens (including phenoxy) is 1. The predicted octanol–water partition coefficient (Wildman–Crippen LogP) is 5.84. The Labute approximate surface area is 182 Å². The number of carbonyl (C=O) groups is 1. The SMILES string of the molecule is O=C1COc2ccc(-c3nn(-c4cc(Cl)cc(Cl)c4)cc3-c3ccccc3)cc2N1. The Morgan fingerprint density at radius 1 is 0.933 bits per heavy atom. The van der Waals surface area contributed by atoms with E-state index in [1.54, 1.807) is 22.9 Å². The second-order valence-electron chi connectivity index (χ2n) is 6.88. The molecule has 5 rings (SSSR count). The fraction of sp³-hybridized carbons (Fsp3) is 0.0435. The zero-order valence-electron chi connectivity index (χ0n) is 15.6. The molecule has 0 radical (unpaired) electrons. The van der Waals surface area contributed by atoms with Gasteiger partial charge >= 0.3 is 0 Å². The number of aromatic nitrogens is 2. The van der Waals surface area contributed by atoms with Crippen LogP contribution >= 0.6 is 23.2 Å². The molecule has 0 saturated carbocycles. The van der Waals surface area contributed by atoms with Gasteiger partial charge in [0.25, 0.3) is 5.91 Å². The van der Waals surface area contributed by atoms with Crippen LogP contribution in [-0.2, 0) is 4.79 Å². The first kappa shape index (κ1) is 18.7. The third-order valence-electron chi connectivity index (χ3n) is 4.80. The molecule has 3 aromatic carbocycles. The van der Waals surface area contributed by atoms with Crippen LogP contribution in [0.4, 0.5) is 5.69 Å². The highest BCUT2D eigenvalue weighted by Crippen LogP contribution is 2.37. The highest BCUT2D eigenvalue weighted by molar-refractivity contribution is 6.34. The largest absolute Gasteiger partial charge is 0.482 e. The first-order chi connectivity index (χ1) is 14.6. The average Bonchev–Trinajstić information content (AvgIpc) is 3.19. The molecule has 0 spiro atoms. The molecule has 0 bridgehead atoms. The number of halogens is 2. The van der Waals surface area contributed by atoms with E-state index in [1.807, 2.05) is 54.7 Å². The number of rotatable bonds is 3. The van der Waals surface area contributed by atoms with Gasteiger partial charge in [0, 0.05) is 27.4 Å². The fourth-order valence-corrected chi connectivity index (χ4v) is 3.96. The molecule has 5 nitrogen and oxygen atoms in total. The van der Waals surface area contributed by atoms with E-state index >= 15 is 0 Å². The number of carbonyl (C=O) groups excluding carboxylic acids is 1. The first-order valence-electron chi connectivity index (χ1n) is 9.25. The van der Waals surface area contributed by atoms with Crippen LogP contribution < -0.4 is 10.1 Å². The van der Waals surface area contributed by atoms with Gasteiger partial charge in [-0.2, -0.15) is 5.10 Å². The van der Waals surface area contributed by atoms with E-state index in [-0.39, 0.29) is 12.5 Å². The van der Waals surface area contributed by atoms with E-state index in [9.17, 15) is 4.79 Å². The highest BCUT2D eigenvalue weighted by atomic mass is 35.5. The molecule has 7 heteroatoms. The number of benzene rings is 3. The maximum Gasteiger partial charge on any atom is 0.262 e. The number of anilines is 1. The van der Waals surface area contributed by atoms with Crippen molar-refractivity contribution in [3.05, 3.63) is 83.0 Å². The van der Waals surface area contributed by atoms with Crippen molar-refractivity contribution in [3.63, 3.8) is 0 Å². The van der Waals surface area contributed by atoms with Gasteiger partial charge in [0.05, 0.1) is 11.4 Å². The van der Waals surface area contributed by atoms with Crippen LogP contribution in [-0.4, -0.2) is 22.3 Å². The zero-order valence-corrected chi connectivity index (χ0v) is 17.1. The van der Waals surface area contributed by atoms with Crippen molar-refractivity contribution < 1.29 is 9.53 Å². The van der Waals surface area contributed by atoms with Crippen molar-refractivity contribution in [2.24, 2.45) is 0 Å². The normalized spacial score (nSPS) is 12.8. The minimum absolute atomic E-state index is 0.0196. The summed E-state index contributed by atoms with van der Waals surface area (Å²) in [5.74, 6) is 0.461. The van der Waals surface area contributed by atoms with Crippen LogP contribution in [0.5, 0.6) is 5.75 Å². The summed E-state index contributed by atoms with van der Waals surface area (Å²) >= 11 is 12.4. The van der Waals surface area contributed by atoms with Gasteiger partial charge in [0.2, 0.25) is 0 Å². The van der Waals surface area contributed by atoms with Gasteiger partial charge in [-0.1, -0.05) is 53.5 Å². The summed E-state index contributed by atoms with van der Waals surface area (Å²) in [6.45, 7) is 0.0196. The second kappa shape index (κ2) is 7.52. The number of fused-ring (bicyclic) bond motifs is 1. The minimum atomic E-state index is -0.179. The molecule has 1 amide bonds. The van der Waals surface area contributed by atoms with Crippen LogP contribution in [0, 0.1) is 0 Å².